The molecule has 0 amide bonds. The largest absolute Gasteiger partial charge is 0.369 e. The molecule has 0 atom stereocenters. The van der Waals surface area contributed by atoms with E-state index in [0.717, 1.165) is 31.6 Å². The van der Waals surface area contributed by atoms with E-state index in [-0.39, 0.29) is 10.9 Å². The summed E-state index contributed by atoms with van der Waals surface area (Å²) >= 11 is 0. The van der Waals surface area contributed by atoms with Crippen LogP contribution in [0.3, 0.4) is 0 Å². The van der Waals surface area contributed by atoms with Crippen LogP contribution in [0.25, 0.3) is 0 Å². The second kappa shape index (κ2) is 7.22. The summed E-state index contributed by atoms with van der Waals surface area (Å²) in [5.74, 6) is 1.18. The fraction of sp³-hybridized carbons (Fsp3) is 0.667. The molecule has 1 saturated carbocycles. The molecule has 1 aromatic rings. The molecule has 0 bridgehead atoms. The van der Waals surface area contributed by atoms with Gasteiger partial charge in [-0.1, -0.05) is 13.3 Å². The van der Waals surface area contributed by atoms with Crippen LogP contribution in [0.15, 0.2) is 23.2 Å². The normalized spacial score (nSPS) is 23.0. The molecular formula is C15H25N3O2S. The number of rotatable bonds is 6. The average molecular weight is 311 g/mol. The van der Waals surface area contributed by atoms with Crippen LogP contribution in [0.1, 0.15) is 46.0 Å². The van der Waals surface area contributed by atoms with Gasteiger partial charge in [0.05, 0.1) is 0 Å². The van der Waals surface area contributed by atoms with Gasteiger partial charge < -0.3 is 5.32 Å². The third-order valence-electron chi connectivity index (χ3n) is 4.15. The lowest BCUT2D eigenvalue weighted by molar-refractivity contribution is 0.306. The Morgan fingerprint density at radius 3 is 2.57 bits per heavy atom. The first-order valence-corrected chi connectivity index (χ1v) is 9.26. The number of aromatic nitrogens is 1. The minimum atomic E-state index is -3.51. The lowest BCUT2D eigenvalue weighted by Crippen LogP contribution is -2.37. The zero-order valence-electron chi connectivity index (χ0n) is 12.8. The quantitative estimate of drug-likeness (QED) is 0.847. The molecule has 21 heavy (non-hydrogen) atoms. The zero-order valence-corrected chi connectivity index (χ0v) is 13.6. The molecule has 0 aromatic carbocycles. The van der Waals surface area contributed by atoms with Gasteiger partial charge in [0.2, 0.25) is 10.0 Å². The summed E-state index contributed by atoms with van der Waals surface area (Å²) in [6.45, 7) is 4.76. The fourth-order valence-corrected chi connectivity index (χ4v) is 4.32. The average Bonchev–Trinajstić information content (AvgIpc) is 2.48. The number of hydrogen-bond donors (Lipinski definition) is 2. The minimum Gasteiger partial charge on any atom is -0.369 e. The highest BCUT2D eigenvalue weighted by molar-refractivity contribution is 7.89. The highest BCUT2D eigenvalue weighted by atomic mass is 32.2. The molecule has 1 aliphatic carbocycles. The Kier molecular flexibility index (Phi) is 5.58. The van der Waals surface area contributed by atoms with Crippen molar-refractivity contribution in [3.05, 3.63) is 18.3 Å². The fourth-order valence-electron chi connectivity index (χ4n) is 2.88. The Bertz CT molecular complexity index is 552. The van der Waals surface area contributed by atoms with Crippen LogP contribution >= 0.6 is 0 Å². The first kappa shape index (κ1) is 16.2. The molecule has 1 aromatic heterocycles. The number of sulfonamides is 1. The van der Waals surface area contributed by atoms with Gasteiger partial charge in [0.25, 0.3) is 0 Å². The molecular weight excluding hydrogens is 286 g/mol. The smallest absolute Gasteiger partial charge is 0.244 e. The SMILES string of the molecule is CCNc1ncccc1S(=O)(=O)NC1CCC(CC)CC1. The van der Waals surface area contributed by atoms with Crippen LogP contribution < -0.4 is 10.0 Å². The summed E-state index contributed by atoms with van der Waals surface area (Å²) in [6.07, 6.45) is 6.85. The molecule has 118 valence electrons. The molecule has 1 heterocycles. The van der Waals surface area contributed by atoms with Crippen molar-refractivity contribution in [1.29, 1.82) is 0 Å². The third kappa shape index (κ3) is 4.17. The summed E-state index contributed by atoms with van der Waals surface area (Å²) in [5.41, 5.74) is 0. The summed E-state index contributed by atoms with van der Waals surface area (Å²) in [4.78, 5) is 4.36. The van der Waals surface area contributed by atoms with Crippen LogP contribution in [0.5, 0.6) is 0 Å². The van der Waals surface area contributed by atoms with Gasteiger partial charge in [0, 0.05) is 18.8 Å². The van der Waals surface area contributed by atoms with E-state index in [0.29, 0.717) is 12.4 Å². The molecule has 1 aliphatic rings. The Morgan fingerprint density at radius 2 is 1.95 bits per heavy atom. The van der Waals surface area contributed by atoms with Crippen LogP contribution in [-0.2, 0) is 10.0 Å². The lowest BCUT2D eigenvalue weighted by atomic mass is 9.85. The highest BCUT2D eigenvalue weighted by Crippen LogP contribution is 2.28. The van der Waals surface area contributed by atoms with Crippen molar-refractivity contribution >= 4 is 15.8 Å². The van der Waals surface area contributed by atoms with Crippen molar-refractivity contribution in [3.63, 3.8) is 0 Å². The van der Waals surface area contributed by atoms with Gasteiger partial charge in [-0.05, 0) is 50.7 Å². The van der Waals surface area contributed by atoms with Crippen LogP contribution in [0, 0.1) is 5.92 Å². The van der Waals surface area contributed by atoms with E-state index >= 15 is 0 Å². The number of hydrogen-bond acceptors (Lipinski definition) is 4. The number of nitrogens with one attached hydrogen (secondary N) is 2. The second-order valence-corrected chi connectivity index (χ2v) is 7.31. The van der Waals surface area contributed by atoms with Gasteiger partial charge in [-0.3, -0.25) is 0 Å². The van der Waals surface area contributed by atoms with Gasteiger partial charge >= 0.3 is 0 Å². The van der Waals surface area contributed by atoms with E-state index in [9.17, 15) is 8.42 Å². The molecule has 2 rings (SSSR count). The van der Waals surface area contributed by atoms with E-state index in [1.54, 1.807) is 18.3 Å². The molecule has 0 unspecified atom stereocenters. The third-order valence-corrected chi connectivity index (χ3v) is 5.70. The Hall–Kier alpha value is -1.14. The standard InChI is InChI=1S/C15H25N3O2S/c1-3-12-7-9-13(10-8-12)18-21(19,20)14-6-5-11-17-15(14)16-4-2/h5-6,11-13,18H,3-4,7-10H2,1-2H3,(H,16,17). The van der Waals surface area contributed by atoms with E-state index in [4.69, 9.17) is 0 Å². The van der Waals surface area contributed by atoms with Gasteiger partial charge in [0.1, 0.15) is 10.7 Å². The molecule has 0 radical (unpaired) electrons. The molecule has 6 heteroatoms. The summed E-state index contributed by atoms with van der Waals surface area (Å²) in [7, 11) is -3.51. The zero-order chi connectivity index (χ0) is 15.3. The molecule has 0 spiro atoms. The van der Waals surface area contributed by atoms with E-state index in [2.05, 4.69) is 21.9 Å². The van der Waals surface area contributed by atoms with Gasteiger partial charge in [0.15, 0.2) is 0 Å². The second-order valence-electron chi connectivity index (χ2n) is 5.63. The van der Waals surface area contributed by atoms with Crippen molar-refractivity contribution in [2.45, 2.75) is 56.9 Å². The maximum absolute atomic E-state index is 12.6. The first-order valence-electron chi connectivity index (χ1n) is 7.78. The van der Waals surface area contributed by atoms with Crippen molar-refractivity contribution in [2.24, 2.45) is 5.92 Å². The predicted molar refractivity (Wildman–Crippen MR) is 84.8 cm³/mol. The highest BCUT2D eigenvalue weighted by Gasteiger charge is 2.26. The number of pyridine rings is 1. The van der Waals surface area contributed by atoms with Crippen LogP contribution in [0.4, 0.5) is 5.82 Å². The Morgan fingerprint density at radius 1 is 1.24 bits per heavy atom. The maximum atomic E-state index is 12.6. The Labute approximate surface area is 127 Å². The monoisotopic (exact) mass is 311 g/mol. The maximum Gasteiger partial charge on any atom is 0.244 e. The van der Waals surface area contributed by atoms with Crippen molar-refractivity contribution in [3.8, 4) is 0 Å². The van der Waals surface area contributed by atoms with Gasteiger partial charge in [-0.15, -0.1) is 0 Å². The van der Waals surface area contributed by atoms with Crippen molar-refractivity contribution in [1.82, 2.24) is 9.71 Å². The number of nitrogens with zero attached hydrogens (tertiary/aromatic N) is 1. The van der Waals surface area contributed by atoms with E-state index in [1.165, 1.54) is 6.42 Å². The van der Waals surface area contributed by atoms with Gasteiger partial charge in [-0.2, -0.15) is 0 Å². The summed E-state index contributed by atoms with van der Waals surface area (Å²) < 4.78 is 28.0. The Balaban J connectivity index is 2.09. The van der Waals surface area contributed by atoms with Crippen LogP contribution in [0.2, 0.25) is 0 Å². The lowest BCUT2D eigenvalue weighted by Gasteiger charge is -2.28. The van der Waals surface area contributed by atoms with Crippen LogP contribution in [-0.4, -0.2) is 26.0 Å². The minimum absolute atomic E-state index is 0.0486. The molecule has 0 saturated heterocycles. The molecule has 5 nitrogen and oxygen atoms in total. The van der Waals surface area contributed by atoms with E-state index in [1.807, 2.05) is 6.92 Å². The van der Waals surface area contributed by atoms with Gasteiger partial charge in [-0.25, -0.2) is 18.1 Å². The molecule has 0 aliphatic heterocycles. The summed E-state index contributed by atoms with van der Waals surface area (Å²) in [5, 5.41) is 3.01. The van der Waals surface area contributed by atoms with Crippen molar-refractivity contribution in [2.75, 3.05) is 11.9 Å². The van der Waals surface area contributed by atoms with Crippen molar-refractivity contribution < 1.29 is 8.42 Å². The predicted octanol–water partition coefficient (Wildman–Crippen LogP) is 2.76. The topological polar surface area (TPSA) is 71.1 Å². The first-order chi connectivity index (χ1) is 10.1. The molecule has 2 N–H and O–H groups in total. The number of anilines is 1. The molecule has 1 fully saturated rings. The summed E-state index contributed by atoms with van der Waals surface area (Å²) in [6, 6.07) is 3.31. The van der Waals surface area contributed by atoms with E-state index < -0.39 is 10.0 Å².